The Kier molecular flexibility index (Phi) is 4.25. The van der Waals surface area contributed by atoms with Crippen LogP contribution in [0.1, 0.15) is 0 Å². The molecule has 3 heteroatoms. The van der Waals surface area contributed by atoms with Gasteiger partial charge in [0.1, 0.15) is 0 Å². The summed E-state index contributed by atoms with van der Waals surface area (Å²) in [5.41, 5.74) is 0. The average molecular weight is 300 g/mol. The van der Waals surface area contributed by atoms with Crippen molar-refractivity contribution in [3.05, 3.63) is 42.5 Å². The van der Waals surface area contributed by atoms with Crippen molar-refractivity contribution in [2.24, 2.45) is 0 Å². The summed E-state index contributed by atoms with van der Waals surface area (Å²) in [5, 5.41) is 11.7. The Morgan fingerprint density at radius 2 is 1.88 bits per heavy atom. The number of alkyl halides is 1. The Morgan fingerprint density at radius 3 is 2.62 bits per heavy atom. The van der Waals surface area contributed by atoms with E-state index < -0.39 is 0 Å². The van der Waals surface area contributed by atoms with Gasteiger partial charge in [0, 0.05) is 0 Å². The van der Waals surface area contributed by atoms with Crippen molar-refractivity contribution in [1.82, 2.24) is 0 Å². The Hall–Kier alpha value is -0.531. The van der Waals surface area contributed by atoms with Crippen LogP contribution in [0.2, 0.25) is 4.82 Å². The molecular weight excluding hydrogens is 287 g/mol. The number of benzene rings is 2. The molecule has 0 aliphatic carbocycles. The fourth-order valence-corrected chi connectivity index (χ4v) is 4.05. The maximum atomic E-state index is 9.19. The molecule has 0 radical (unpaired) electrons. The summed E-state index contributed by atoms with van der Waals surface area (Å²) in [6.07, 6.45) is 0. The third kappa shape index (κ3) is 2.58. The summed E-state index contributed by atoms with van der Waals surface area (Å²) >= 11 is 6.06. The summed E-state index contributed by atoms with van der Waals surface area (Å²) < 4.78 is 1.32. The zero-order valence-corrected chi connectivity index (χ0v) is 11.2. The first-order valence-electron chi connectivity index (χ1n) is 5.16. The molecule has 0 saturated heterocycles. The van der Waals surface area contributed by atoms with Crippen LogP contribution in [-0.2, 0) is 0 Å². The molecule has 0 heterocycles. The fraction of sp³-hybridized carbons (Fsp3) is 0.231. The van der Waals surface area contributed by atoms with Gasteiger partial charge < -0.3 is 0 Å². The fourth-order valence-electron chi connectivity index (χ4n) is 1.60. The van der Waals surface area contributed by atoms with Crippen LogP contribution in [0.25, 0.3) is 10.8 Å². The van der Waals surface area contributed by atoms with Gasteiger partial charge in [-0.15, -0.1) is 0 Å². The molecule has 1 nitrogen and oxygen atoms in total. The molecule has 2 rings (SSSR count). The number of rotatable bonds is 4. The molecule has 16 heavy (non-hydrogen) atoms. The van der Waals surface area contributed by atoms with Gasteiger partial charge in [-0.05, 0) is 0 Å². The van der Waals surface area contributed by atoms with Gasteiger partial charge in [-0.1, -0.05) is 0 Å². The van der Waals surface area contributed by atoms with Crippen LogP contribution in [0.3, 0.4) is 0 Å². The number of fused-ring (bicyclic) bond motifs is 1. The van der Waals surface area contributed by atoms with E-state index in [0.717, 1.165) is 0 Å². The Balaban J connectivity index is 2.36. The molecule has 0 aromatic heterocycles. The van der Waals surface area contributed by atoms with Crippen LogP contribution in [0.15, 0.2) is 42.5 Å². The van der Waals surface area contributed by atoms with E-state index in [2.05, 4.69) is 36.4 Å². The van der Waals surface area contributed by atoms with Crippen molar-refractivity contribution in [3.8, 4) is 0 Å². The van der Waals surface area contributed by atoms with Crippen LogP contribution in [0.5, 0.6) is 0 Å². The van der Waals surface area contributed by atoms with E-state index >= 15 is 0 Å². The molecule has 84 valence electrons. The van der Waals surface area contributed by atoms with Gasteiger partial charge >= 0.3 is 107 Å². The van der Waals surface area contributed by atoms with Gasteiger partial charge in [0.25, 0.3) is 0 Å². The number of aliphatic hydroxyl groups is 1. The molecule has 0 aliphatic heterocycles. The van der Waals surface area contributed by atoms with Crippen molar-refractivity contribution >= 4 is 41.8 Å². The summed E-state index contributed by atoms with van der Waals surface area (Å²) in [5.74, 6) is 0.528. The Morgan fingerprint density at radius 1 is 1.12 bits per heavy atom. The minimum atomic E-state index is 0.173. The molecular formula is C13H13ClOSe. The molecule has 1 atom stereocenters. The molecule has 0 amide bonds. The first-order chi connectivity index (χ1) is 7.85. The van der Waals surface area contributed by atoms with Gasteiger partial charge in [0.2, 0.25) is 0 Å². The van der Waals surface area contributed by atoms with Crippen LogP contribution in [-0.4, -0.2) is 32.6 Å². The third-order valence-electron chi connectivity index (χ3n) is 2.42. The molecule has 2 aromatic carbocycles. The quantitative estimate of drug-likeness (QED) is 0.678. The van der Waals surface area contributed by atoms with Crippen LogP contribution < -0.4 is 4.46 Å². The van der Waals surface area contributed by atoms with Gasteiger partial charge in [-0.3, -0.25) is 0 Å². The molecule has 0 saturated carbocycles. The predicted octanol–water partition coefficient (Wildman–Crippen LogP) is 2.19. The average Bonchev–Trinajstić information content (AvgIpc) is 2.36. The first-order valence-corrected chi connectivity index (χ1v) is 7.54. The van der Waals surface area contributed by atoms with E-state index in [1.807, 2.05) is 6.07 Å². The second-order valence-electron chi connectivity index (χ2n) is 3.55. The van der Waals surface area contributed by atoms with E-state index in [1.165, 1.54) is 15.2 Å². The van der Waals surface area contributed by atoms with Crippen LogP contribution >= 0.6 is 11.6 Å². The standard InChI is InChI=1S/C13H13ClOSe/c14-8-11(9-15)16-13-7-3-5-10-4-1-2-6-12(10)13/h1-7,11,15H,8-9H2. The van der Waals surface area contributed by atoms with Crippen LogP contribution in [0, 0.1) is 0 Å². The second-order valence-corrected chi connectivity index (χ2v) is 6.68. The van der Waals surface area contributed by atoms with Crippen molar-refractivity contribution in [1.29, 1.82) is 0 Å². The molecule has 0 spiro atoms. The first kappa shape index (κ1) is 11.9. The predicted molar refractivity (Wildman–Crippen MR) is 70.9 cm³/mol. The van der Waals surface area contributed by atoms with Gasteiger partial charge in [-0.2, -0.15) is 0 Å². The van der Waals surface area contributed by atoms with Gasteiger partial charge in [-0.25, -0.2) is 0 Å². The molecule has 0 fully saturated rings. The molecule has 0 aliphatic rings. The molecule has 1 N–H and O–H groups in total. The number of aliphatic hydroxyl groups excluding tert-OH is 1. The third-order valence-corrected chi connectivity index (χ3v) is 5.85. The summed E-state index contributed by atoms with van der Waals surface area (Å²) in [6, 6.07) is 14.7. The minimum absolute atomic E-state index is 0.173. The summed E-state index contributed by atoms with van der Waals surface area (Å²) in [4.78, 5) is 0.208. The van der Waals surface area contributed by atoms with Crippen molar-refractivity contribution in [3.63, 3.8) is 0 Å². The zero-order chi connectivity index (χ0) is 11.4. The van der Waals surface area contributed by atoms with E-state index in [4.69, 9.17) is 11.6 Å². The number of hydrogen-bond donors (Lipinski definition) is 1. The topological polar surface area (TPSA) is 20.2 Å². The SMILES string of the molecule is OCC(CCl)[Se]c1cccc2ccccc12. The number of hydrogen-bond acceptors (Lipinski definition) is 1. The zero-order valence-electron chi connectivity index (χ0n) is 8.77. The summed E-state index contributed by atoms with van der Waals surface area (Å²) in [6.45, 7) is 0.173. The van der Waals surface area contributed by atoms with Gasteiger partial charge in [0.15, 0.2) is 0 Å². The van der Waals surface area contributed by atoms with E-state index in [1.54, 1.807) is 0 Å². The molecule has 1 unspecified atom stereocenters. The van der Waals surface area contributed by atoms with Crippen molar-refractivity contribution < 1.29 is 5.11 Å². The van der Waals surface area contributed by atoms with Crippen LogP contribution in [0.4, 0.5) is 0 Å². The molecule has 0 bridgehead atoms. The maximum absolute atomic E-state index is 9.19. The monoisotopic (exact) mass is 300 g/mol. The van der Waals surface area contributed by atoms with E-state index in [0.29, 0.717) is 5.88 Å². The molecule has 2 aromatic rings. The number of halogens is 1. The Labute approximate surface area is 107 Å². The second kappa shape index (κ2) is 5.70. The van der Waals surface area contributed by atoms with E-state index in [-0.39, 0.29) is 26.4 Å². The Bertz CT molecular complexity index is 463. The summed E-state index contributed by atoms with van der Waals surface area (Å²) in [7, 11) is 0. The van der Waals surface area contributed by atoms with Gasteiger partial charge in [0.05, 0.1) is 0 Å². The van der Waals surface area contributed by atoms with E-state index in [9.17, 15) is 5.11 Å². The van der Waals surface area contributed by atoms with Crippen molar-refractivity contribution in [2.45, 2.75) is 4.82 Å². The van der Waals surface area contributed by atoms with Crippen molar-refractivity contribution in [2.75, 3.05) is 12.5 Å². The normalized spacial score (nSPS) is 12.9.